The van der Waals surface area contributed by atoms with E-state index in [2.05, 4.69) is 16.4 Å². The Morgan fingerprint density at radius 1 is 1.14 bits per heavy atom. The average Bonchev–Trinajstić information content (AvgIpc) is 3.18. The molecular weight excluding hydrogens is 366 g/mol. The first kappa shape index (κ1) is 19.0. The number of fused-ring (bicyclic) bond motifs is 2. The van der Waals surface area contributed by atoms with Crippen LogP contribution in [0.3, 0.4) is 0 Å². The standard InChI is InChI=1S/C23H23N3O3/c27-15-21(23(29)26-12-11-16-5-1-2-6-18(16)14-26)25-22(28)10-9-17-13-24-20-8-4-3-7-19(17)20/h1-10,13,21,24,27H,11-12,14-15H2,(H,25,28)/t21-/m0/s1. The molecule has 148 valence electrons. The number of aliphatic hydroxyl groups excluding tert-OH is 1. The van der Waals surface area contributed by atoms with E-state index < -0.39 is 18.6 Å². The third-order valence-electron chi connectivity index (χ3n) is 5.27. The highest BCUT2D eigenvalue weighted by atomic mass is 16.3. The molecule has 2 heterocycles. The summed E-state index contributed by atoms with van der Waals surface area (Å²) in [5.41, 5.74) is 4.22. The molecule has 0 fully saturated rings. The predicted octanol–water partition coefficient (Wildman–Crippen LogP) is 2.24. The Bertz CT molecular complexity index is 1070. The van der Waals surface area contributed by atoms with Gasteiger partial charge in [0.1, 0.15) is 6.04 Å². The molecule has 1 aliphatic heterocycles. The number of amides is 2. The smallest absolute Gasteiger partial charge is 0.247 e. The Morgan fingerprint density at radius 2 is 1.90 bits per heavy atom. The van der Waals surface area contributed by atoms with Gasteiger partial charge in [-0.05, 0) is 35.3 Å². The van der Waals surface area contributed by atoms with Crippen molar-refractivity contribution >= 4 is 28.8 Å². The summed E-state index contributed by atoms with van der Waals surface area (Å²) in [5.74, 6) is -0.684. The van der Waals surface area contributed by atoms with Gasteiger partial charge in [-0.3, -0.25) is 9.59 Å². The van der Waals surface area contributed by atoms with E-state index in [-0.39, 0.29) is 5.91 Å². The van der Waals surface area contributed by atoms with E-state index >= 15 is 0 Å². The lowest BCUT2D eigenvalue weighted by molar-refractivity contribution is -0.137. The Balaban J connectivity index is 1.40. The van der Waals surface area contributed by atoms with Crippen LogP contribution in [-0.2, 0) is 22.6 Å². The highest BCUT2D eigenvalue weighted by Gasteiger charge is 2.27. The molecule has 4 rings (SSSR count). The van der Waals surface area contributed by atoms with Crippen molar-refractivity contribution in [1.29, 1.82) is 0 Å². The van der Waals surface area contributed by atoms with Gasteiger partial charge in [0.25, 0.3) is 0 Å². The minimum Gasteiger partial charge on any atom is -0.394 e. The molecule has 0 saturated carbocycles. The van der Waals surface area contributed by atoms with E-state index in [1.54, 1.807) is 11.0 Å². The number of para-hydroxylation sites is 1. The number of carbonyl (C=O) groups is 2. The molecule has 0 bridgehead atoms. The van der Waals surface area contributed by atoms with Gasteiger partial charge in [0, 0.05) is 36.3 Å². The van der Waals surface area contributed by atoms with Crippen LogP contribution < -0.4 is 5.32 Å². The molecule has 1 aromatic heterocycles. The van der Waals surface area contributed by atoms with E-state index in [4.69, 9.17) is 0 Å². The number of rotatable bonds is 5. The van der Waals surface area contributed by atoms with Gasteiger partial charge in [-0.25, -0.2) is 0 Å². The van der Waals surface area contributed by atoms with Crippen LogP contribution in [0.25, 0.3) is 17.0 Å². The second kappa shape index (κ2) is 8.32. The average molecular weight is 389 g/mol. The molecule has 2 amide bonds. The molecule has 1 aliphatic rings. The van der Waals surface area contributed by atoms with Gasteiger partial charge in [0.2, 0.25) is 11.8 Å². The fourth-order valence-corrected chi connectivity index (χ4v) is 3.71. The van der Waals surface area contributed by atoms with Crippen LogP contribution in [0.5, 0.6) is 0 Å². The molecule has 3 N–H and O–H groups in total. The largest absolute Gasteiger partial charge is 0.394 e. The van der Waals surface area contributed by atoms with Crippen molar-refractivity contribution < 1.29 is 14.7 Å². The zero-order valence-corrected chi connectivity index (χ0v) is 16.0. The Labute approximate surface area is 168 Å². The summed E-state index contributed by atoms with van der Waals surface area (Å²) < 4.78 is 0. The third-order valence-corrected chi connectivity index (χ3v) is 5.27. The van der Waals surface area contributed by atoms with Gasteiger partial charge in [-0.15, -0.1) is 0 Å². The molecule has 29 heavy (non-hydrogen) atoms. The lowest BCUT2D eigenvalue weighted by Gasteiger charge is -2.31. The van der Waals surface area contributed by atoms with E-state index in [0.717, 1.165) is 28.5 Å². The van der Waals surface area contributed by atoms with Gasteiger partial charge in [0.05, 0.1) is 6.61 Å². The molecule has 0 spiro atoms. The van der Waals surface area contributed by atoms with Crippen molar-refractivity contribution in [3.8, 4) is 0 Å². The van der Waals surface area contributed by atoms with Crippen LogP contribution >= 0.6 is 0 Å². The van der Waals surface area contributed by atoms with Crippen molar-refractivity contribution in [2.75, 3.05) is 13.2 Å². The number of benzene rings is 2. The summed E-state index contributed by atoms with van der Waals surface area (Å²) in [4.78, 5) is 30.0. The number of aromatic amines is 1. The van der Waals surface area contributed by atoms with Crippen molar-refractivity contribution in [1.82, 2.24) is 15.2 Å². The second-order valence-corrected chi connectivity index (χ2v) is 7.15. The summed E-state index contributed by atoms with van der Waals surface area (Å²) in [6, 6.07) is 14.9. The molecule has 6 nitrogen and oxygen atoms in total. The Kier molecular flexibility index (Phi) is 5.44. The fraction of sp³-hybridized carbons (Fsp3) is 0.217. The minimum atomic E-state index is -0.958. The second-order valence-electron chi connectivity index (χ2n) is 7.15. The normalized spacial score (nSPS) is 14.7. The summed E-state index contributed by atoms with van der Waals surface area (Å²) in [6.45, 7) is 0.629. The van der Waals surface area contributed by atoms with Crippen LogP contribution in [0.4, 0.5) is 0 Å². The molecule has 6 heteroatoms. The first-order valence-electron chi connectivity index (χ1n) is 9.67. The van der Waals surface area contributed by atoms with E-state index in [1.807, 2.05) is 48.7 Å². The number of hydrogen-bond acceptors (Lipinski definition) is 3. The summed E-state index contributed by atoms with van der Waals surface area (Å²) in [7, 11) is 0. The van der Waals surface area contributed by atoms with E-state index in [9.17, 15) is 14.7 Å². The zero-order valence-electron chi connectivity index (χ0n) is 16.0. The molecule has 2 aromatic carbocycles. The zero-order chi connectivity index (χ0) is 20.2. The summed E-state index contributed by atoms with van der Waals surface area (Å²) in [6.07, 6.45) is 5.68. The SMILES string of the molecule is O=C(C=Cc1c[nH]c2ccccc12)N[C@@H](CO)C(=O)N1CCc2ccccc2C1. The first-order valence-corrected chi connectivity index (χ1v) is 9.67. The molecule has 0 saturated heterocycles. The van der Waals surface area contributed by atoms with Crippen LogP contribution in [0.15, 0.2) is 60.8 Å². The molecule has 3 aromatic rings. The van der Waals surface area contributed by atoms with E-state index in [0.29, 0.717) is 13.1 Å². The quantitative estimate of drug-likeness (QED) is 0.585. The van der Waals surface area contributed by atoms with Gasteiger partial charge in [-0.2, -0.15) is 0 Å². The number of hydrogen-bond donors (Lipinski definition) is 3. The molecule has 0 radical (unpaired) electrons. The lowest BCUT2D eigenvalue weighted by atomic mass is 9.99. The Morgan fingerprint density at radius 3 is 2.72 bits per heavy atom. The summed E-state index contributed by atoms with van der Waals surface area (Å²) >= 11 is 0. The minimum absolute atomic E-state index is 0.268. The van der Waals surface area contributed by atoms with Gasteiger partial charge in [0.15, 0.2) is 0 Å². The number of nitrogens with zero attached hydrogens (tertiary/aromatic N) is 1. The van der Waals surface area contributed by atoms with Gasteiger partial charge in [-0.1, -0.05) is 42.5 Å². The monoisotopic (exact) mass is 389 g/mol. The fourth-order valence-electron chi connectivity index (χ4n) is 3.71. The number of H-pyrrole nitrogens is 1. The van der Waals surface area contributed by atoms with E-state index in [1.165, 1.54) is 11.6 Å². The van der Waals surface area contributed by atoms with Crippen LogP contribution in [0.1, 0.15) is 16.7 Å². The van der Waals surface area contributed by atoms with Crippen molar-refractivity contribution in [3.63, 3.8) is 0 Å². The third kappa shape index (κ3) is 4.07. The van der Waals surface area contributed by atoms with Gasteiger partial charge >= 0.3 is 0 Å². The van der Waals surface area contributed by atoms with Crippen molar-refractivity contribution in [2.24, 2.45) is 0 Å². The number of aliphatic hydroxyl groups is 1. The predicted molar refractivity (Wildman–Crippen MR) is 112 cm³/mol. The van der Waals surface area contributed by atoms with Crippen LogP contribution in [0.2, 0.25) is 0 Å². The highest BCUT2D eigenvalue weighted by molar-refractivity contribution is 5.98. The molecular formula is C23H23N3O3. The van der Waals surface area contributed by atoms with Crippen LogP contribution in [-0.4, -0.2) is 46.0 Å². The maximum Gasteiger partial charge on any atom is 0.247 e. The number of aromatic nitrogens is 1. The maximum absolute atomic E-state index is 12.8. The number of nitrogens with one attached hydrogen (secondary N) is 2. The first-order chi connectivity index (χ1) is 14.2. The molecule has 1 atom stereocenters. The van der Waals surface area contributed by atoms with Crippen molar-refractivity contribution in [2.45, 2.75) is 19.0 Å². The topological polar surface area (TPSA) is 85.4 Å². The highest BCUT2D eigenvalue weighted by Crippen LogP contribution is 2.20. The van der Waals surface area contributed by atoms with Crippen LogP contribution in [0, 0.1) is 0 Å². The Hall–Kier alpha value is -3.38. The molecule has 0 unspecified atom stereocenters. The van der Waals surface area contributed by atoms with Crippen molar-refractivity contribution in [3.05, 3.63) is 77.5 Å². The van der Waals surface area contributed by atoms with Gasteiger partial charge < -0.3 is 20.3 Å². The number of carbonyl (C=O) groups excluding carboxylic acids is 2. The maximum atomic E-state index is 12.8. The molecule has 0 aliphatic carbocycles. The lowest BCUT2D eigenvalue weighted by Crippen LogP contribution is -2.51. The summed E-state index contributed by atoms with van der Waals surface area (Å²) in [5, 5.41) is 13.3.